The summed E-state index contributed by atoms with van der Waals surface area (Å²) in [5, 5.41) is 1.12. The van der Waals surface area contributed by atoms with Gasteiger partial charge in [0.15, 0.2) is 0 Å². The minimum atomic E-state index is 0.366. The van der Waals surface area contributed by atoms with Crippen molar-refractivity contribution in [2.75, 3.05) is 6.54 Å². The third-order valence-electron chi connectivity index (χ3n) is 2.19. The van der Waals surface area contributed by atoms with Crippen molar-refractivity contribution in [1.29, 1.82) is 0 Å². The highest BCUT2D eigenvalue weighted by molar-refractivity contribution is 7.12. The lowest BCUT2D eigenvalue weighted by Gasteiger charge is -2.05. The second-order valence-corrected chi connectivity index (χ2v) is 5.71. The van der Waals surface area contributed by atoms with Crippen molar-refractivity contribution in [1.82, 2.24) is 0 Å². The Labute approximate surface area is 126 Å². The second kappa shape index (κ2) is 6.83. The Balaban J connectivity index is 2.00. The second-order valence-electron chi connectivity index (χ2n) is 3.67. The average molecular weight is 312 g/mol. The van der Waals surface area contributed by atoms with Crippen molar-refractivity contribution < 1.29 is 4.74 Å². The molecular formula is C14H11Cl2NOS. The van der Waals surface area contributed by atoms with Gasteiger partial charge in [-0.1, -0.05) is 35.0 Å². The highest BCUT2D eigenvalue weighted by atomic mass is 35.5. The van der Waals surface area contributed by atoms with Gasteiger partial charge in [0, 0.05) is 14.9 Å². The molecule has 98 valence electrons. The summed E-state index contributed by atoms with van der Waals surface area (Å²) in [6, 6.07) is 9.07. The standard InChI is InChI=1S/C14H11Cl2NOS/c15-10-6-11(16)8-12(7-10)18-9-14-4-3-13(19-14)2-1-5-17/h3-4,6-8H,5,9,17H2. The van der Waals surface area contributed by atoms with Gasteiger partial charge in [-0.05, 0) is 30.3 Å². The Morgan fingerprint density at radius 1 is 1.16 bits per heavy atom. The average Bonchev–Trinajstić information content (AvgIpc) is 2.81. The highest BCUT2D eigenvalue weighted by Gasteiger charge is 2.02. The van der Waals surface area contributed by atoms with E-state index in [1.807, 2.05) is 12.1 Å². The molecule has 1 aromatic carbocycles. The first-order chi connectivity index (χ1) is 9.17. The summed E-state index contributed by atoms with van der Waals surface area (Å²) in [6.45, 7) is 0.830. The van der Waals surface area contributed by atoms with Crippen LogP contribution in [0.15, 0.2) is 30.3 Å². The molecule has 0 amide bonds. The normalized spacial score (nSPS) is 9.84. The number of hydrogen-bond acceptors (Lipinski definition) is 3. The molecular weight excluding hydrogens is 301 g/mol. The van der Waals surface area contributed by atoms with Crippen LogP contribution in [0.25, 0.3) is 0 Å². The van der Waals surface area contributed by atoms with Crippen molar-refractivity contribution >= 4 is 34.5 Å². The van der Waals surface area contributed by atoms with Crippen LogP contribution >= 0.6 is 34.5 Å². The molecule has 1 heterocycles. The fourth-order valence-corrected chi connectivity index (χ4v) is 2.73. The van der Waals surface area contributed by atoms with Gasteiger partial charge in [-0.3, -0.25) is 0 Å². The van der Waals surface area contributed by atoms with Gasteiger partial charge < -0.3 is 10.5 Å². The van der Waals surface area contributed by atoms with Crippen LogP contribution in [0.4, 0.5) is 0 Å². The van der Waals surface area contributed by atoms with Gasteiger partial charge in [0.25, 0.3) is 0 Å². The molecule has 0 saturated carbocycles. The number of halogens is 2. The summed E-state index contributed by atoms with van der Waals surface area (Å²) in [7, 11) is 0. The lowest BCUT2D eigenvalue weighted by atomic mass is 10.3. The first-order valence-corrected chi connectivity index (χ1v) is 7.11. The van der Waals surface area contributed by atoms with E-state index in [-0.39, 0.29) is 0 Å². The number of rotatable bonds is 3. The van der Waals surface area contributed by atoms with Crippen LogP contribution in [-0.2, 0) is 6.61 Å². The maximum atomic E-state index is 5.90. The van der Waals surface area contributed by atoms with Crippen molar-refractivity contribution in [3.8, 4) is 17.6 Å². The van der Waals surface area contributed by atoms with Crippen LogP contribution in [0.1, 0.15) is 9.75 Å². The van der Waals surface area contributed by atoms with Crippen LogP contribution in [0.3, 0.4) is 0 Å². The Bertz CT molecular complexity index is 608. The van der Waals surface area contributed by atoms with Gasteiger partial charge in [0.1, 0.15) is 12.4 Å². The minimum Gasteiger partial charge on any atom is -0.488 e. The molecule has 1 aromatic heterocycles. The minimum absolute atomic E-state index is 0.366. The monoisotopic (exact) mass is 311 g/mol. The summed E-state index contributed by atoms with van der Waals surface area (Å²) in [5.41, 5.74) is 5.33. The first-order valence-electron chi connectivity index (χ1n) is 5.54. The maximum absolute atomic E-state index is 5.90. The van der Waals surface area contributed by atoms with Gasteiger partial charge in [0.05, 0.1) is 11.4 Å². The molecule has 2 N–H and O–H groups in total. The summed E-state index contributed by atoms with van der Waals surface area (Å²) >= 11 is 13.4. The molecule has 0 bridgehead atoms. The van der Waals surface area contributed by atoms with E-state index in [2.05, 4.69) is 11.8 Å². The molecule has 0 aliphatic carbocycles. The van der Waals surface area contributed by atoms with Gasteiger partial charge in [-0.2, -0.15) is 0 Å². The van der Waals surface area contributed by atoms with E-state index in [4.69, 9.17) is 33.7 Å². The van der Waals surface area contributed by atoms with E-state index < -0.39 is 0 Å². The molecule has 0 aliphatic heterocycles. The van der Waals surface area contributed by atoms with Gasteiger partial charge >= 0.3 is 0 Å². The summed E-state index contributed by atoms with van der Waals surface area (Å²) < 4.78 is 5.64. The topological polar surface area (TPSA) is 35.2 Å². The number of nitrogens with two attached hydrogens (primary N) is 1. The quantitative estimate of drug-likeness (QED) is 0.871. The molecule has 0 atom stereocenters. The number of hydrogen-bond donors (Lipinski definition) is 1. The molecule has 19 heavy (non-hydrogen) atoms. The smallest absolute Gasteiger partial charge is 0.122 e. The zero-order chi connectivity index (χ0) is 13.7. The molecule has 0 spiro atoms. The van der Waals surface area contributed by atoms with Crippen molar-refractivity contribution in [2.45, 2.75) is 6.61 Å². The fourth-order valence-electron chi connectivity index (χ4n) is 1.43. The number of ether oxygens (including phenoxy) is 1. The molecule has 0 fully saturated rings. The molecule has 2 rings (SSSR count). The Morgan fingerprint density at radius 3 is 2.58 bits per heavy atom. The maximum Gasteiger partial charge on any atom is 0.122 e. The van der Waals surface area contributed by atoms with Crippen LogP contribution in [0.2, 0.25) is 10.0 Å². The van der Waals surface area contributed by atoms with Crippen LogP contribution in [0.5, 0.6) is 5.75 Å². The third-order valence-corrected chi connectivity index (χ3v) is 3.60. The summed E-state index contributed by atoms with van der Waals surface area (Å²) in [4.78, 5) is 2.06. The Hall–Kier alpha value is -1.18. The fraction of sp³-hybridized carbons (Fsp3) is 0.143. The van der Waals surface area contributed by atoms with Gasteiger partial charge in [-0.15, -0.1) is 11.3 Å². The Kier molecular flexibility index (Phi) is 5.12. The lowest BCUT2D eigenvalue weighted by Crippen LogP contribution is -1.92. The zero-order valence-corrected chi connectivity index (χ0v) is 12.3. The van der Waals surface area contributed by atoms with E-state index in [9.17, 15) is 0 Å². The van der Waals surface area contributed by atoms with E-state index in [0.717, 1.165) is 9.75 Å². The lowest BCUT2D eigenvalue weighted by molar-refractivity contribution is 0.310. The third kappa shape index (κ3) is 4.45. The SMILES string of the molecule is NCC#Cc1ccc(COc2cc(Cl)cc(Cl)c2)s1. The predicted octanol–water partition coefficient (Wildman–Crippen LogP) is 3.94. The largest absolute Gasteiger partial charge is 0.488 e. The summed E-state index contributed by atoms with van der Waals surface area (Å²) in [5.74, 6) is 6.46. The van der Waals surface area contributed by atoms with Gasteiger partial charge in [-0.25, -0.2) is 0 Å². The van der Waals surface area contributed by atoms with Crippen molar-refractivity contribution in [3.05, 3.63) is 50.1 Å². The number of thiophene rings is 1. The molecule has 0 unspecified atom stereocenters. The van der Waals surface area contributed by atoms with Crippen LogP contribution in [-0.4, -0.2) is 6.54 Å². The highest BCUT2D eigenvalue weighted by Crippen LogP contribution is 2.25. The van der Waals surface area contributed by atoms with Gasteiger partial charge in [0.2, 0.25) is 0 Å². The van der Waals surface area contributed by atoms with Crippen LogP contribution < -0.4 is 10.5 Å². The Morgan fingerprint density at radius 2 is 1.89 bits per heavy atom. The van der Waals surface area contributed by atoms with Crippen LogP contribution in [0, 0.1) is 11.8 Å². The van der Waals surface area contributed by atoms with E-state index in [1.54, 1.807) is 29.5 Å². The first kappa shape index (κ1) is 14.2. The van der Waals surface area contributed by atoms with Crippen molar-refractivity contribution in [3.63, 3.8) is 0 Å². The number of benzene rings is 1. The van der Waals surface area contributed by atoms with E-state index in [1.165, 1.54) is 0 Å². The molecule has 5 heteroatoms. The van der Waals surface area contributed by atoms with E-state index >= 15 is 0 Å². The summed E-state index contributed by atoms with van der Waals surface area (Å²) in [6.07, 6.45) is 0. The predicted molar refractivity (Wildman–Crippen MR) is 81.0 cm³/mol. The molecule has 0 radical (unpaired) electrons. The zero-order valence-electron chi connectivity index (χ0n) is 9.95. The van der Waals surface area contributed by atoms with Crippen molar-refractivity contribution in [2.24, 2.45) is 5.73 Å². The molecule has 2 nitrogen and oxygen atoms in total. The molecule has 0 aliphatic rings. The molecule has 2 aromatic rings. The molecule has 0 saturated heterocycles. The van der Waals surface area contributed by atoms with E-state index in [0.29, 0.717) is 28.9 Å².